The number of hydrogen-bond acceptors (Lipinski definition) is 8. The van der Waals surface area contributed by atoms with Crippen LogP contribution in [-0.4, -0.2) is 16.1 Å². The number of hydrogen-bond donors (Lipinski definition) is 1. The van der Waals surface area contributed by atoms with Gasteiger partial charge in [-0.2, -0.15) is 0 Å². The van der Waals surface area contributed by atoms with E-state index in [1.165, 1.54) is 16.2 Å². The Bertz CT molecular complexity index is 2670. The van der Waals surface area contributed by atoms with Crippen molar-refractivity contribution in [2.24, 2.45) is 0 Å². The van der Waals surface area contributed by atoms with Crippen molar-refractivity contribution in [2.45, 2.75) is 32.8 Å². The molecule has 2 aromatic heterocycles. The van der Waals surface area contributed by atoms with E-state index in [0.717, 1.165) is 35.9 Å². The summed E-state index contributed by atoms with van der Waals surface area (Å²) >= 11 is 11.0. The van der Waals surface area contributed by atoms with Gasteiger partial charge in [0.25, 0.3) is 0 Å². The average molecular weight is 836 g/mol. The lowest BCUT2D eigenvalue weighted by Crippen LogP contribution is -2.01. The van der Waals surface area contributed by atoms with Gasteiger partial charge in [0, 0.05) is 53.2 Å². The van der Waals surface area contributed by atoms with E-state index >= 15 is 0 Å². The van der Waals surface area contributed by atoms with Gasteiger partial charge in [0.15, 0.2) is 17.2 Å². The summed E-state index contributed by atoms with van der Waals surface area (Å²) in [4.78, 5) is 21.9. The Balaban J connectivity index is 1.16. The molecule has 0 amide bonds. The third-order valence-corrected chi connectivity index (χ3v) is 12.2. The van der Waals surface area contributed by atoms with E-state index in [9.17, 15) is 9.90 Å². The topological polar surface area (TPSA) is 77.9 Å². The van der Waals surface area contributed by atoms with Crippen LogP contribution in [-0.2, 0) is 18.0 Å². The lowest BCUT2D eigenvalue weighted by molar-refractivity contribution is -0.130. The molecule has 58 heavy (non-hydrogen) atoms. The molecule has 0 radical (unpaired) electrons. The molecule has 8 aromatic rings. The summed E-state index contributed by atoms with van der Waals surface area (Å²) in [6, 6.07) is 51.4. The number of nitrogens with zero attached hydrogens (tertiary/aromatic N) is 1. The van der Waals surface area contributed by atoms with Crippen LogP contribution in [0.4, 0.5) is 0 Å². The lowest BCUT2D eigenvalue weighted by atomic mass is 10.1. The SMILES string of the molecule is O=C(O)/C(=C/c1sc2cc(OCc3ccc(Sc4ccccc4)cc3)c(OCc3cccc(Sc4ccccc4)c3)cc2c1Oc1ccc(Cl)cc1)c1ccncc1. The summed E-state index contributed by atoms with van der Waals surface area (Å²) in [7, 11) is 0. The van der Waals surface area contributed by atoms with Crippen LogP contribution in [0, 0.1) is 0 Å². The molecular weight excluding hydrogens is 802 g/mol. The molecule has 2 heterocycles. The Morgan fingerprint density at radius 2 is 1.26 bits per heavy atom. The number of halogens is 1. The Hall–Kier alpha value is -5.97. The molecule has 1 N–H and O–H groups in total. The summed E-state index contributed by atoms with van der Waals surface area (Å²) in [6.45, 7) is 0.588. The maximum absolute atomic E-state index is 12.6. The van der Waals surface area contributed by atoms with E-state index in [4.69, 9.17) is 25.8 Å². The first-order valence-electron chi connectivity index (χ1n) is 18.2. The smallest absolute Gasteiger partial charge is 0.336 e. The first-order valence-corrected chi connectivity index (χ1v) is 21.0. The molecule has 0 unspecified atom stereocenters. The van der Waals surface area contributed by atoms with Crippen molar-refractivity contribution in [1.82, 2.24) is 4.98 Å². The normalized spacial score (nSPS) is 11.4. The van der Waals surface area contributed by atoms with Gasteiger partial charge in [0.1, 0.15) is 19.0 Å². The third-order valence-electron chi connectivity index (χ3n) is 8.83. The highest BCUT2D eigenvalue weighted by molar-refractivity contribution is 7.99. The quantitative estimate of drug-likeness (QED) is 0.102. The maximum atomic E-state index is 12.6. The Labute approximate surface area is 353 Å². The predicted octanol–water partition coefficient (Wildman–Crippen LogP) is 13.8. The van der Waals surface area contributed by atoms with E-state index in [1.54, 1.807) is 78.4 Å². The van der Waals surface area contributed by atoms with Crippen LogP contribution in [0.1, 0.15) is 21.6 Å². The van der Waals surface area contributed by atoms with Gasteiger partial charge >= 0.3 is 5.97 Å². The van der Waals surface area contributed by atoms with Crippen LogP contribution in [0.2, 0.25) is 5.02 Å². The number of pyridine rings is 1. The molecule has 0 aliphatic heterocycles. The van der Waals surface area contributed by atoms with E-state index in [-0.39, 0.29) is 12.2 Å². The molecule has 0 bridgehead atoms. The number of thiophene rings is 1. The molecule has 0 saturated carbocycles. The molecule has 286 valence electrons. The van der Waals surface area contributed by atoms with Crippen molar-refractivity contribution in [3.05, 3.63) is 197 Å². The zero-order chi connectivity index (χ0) is 39.7. The molecule has 10 heteroatoms. The van der Waals surface area contributed by atoms with Gasteiger partial charge < -0.3 is 19.3 Å². The number of carbonyl (C=O) groups is 1. The number of benzene rings is 6. The molecule has 0 aliphatic rings. The van der Waals surface area contributed by atoms with Crippen LogP contribution >= 0.6 is 46.5 Å². The second-order valence-corrected chi connectivity index (χ2v) is 16.8. The minimum atomic E-state index is -1.07. The predicted molar refractivity (Wildman–Crippen MR) is 236 cm³/mol. The van der Waals surface area contributed by atoms with Crippen LogP contribution in [0.15, 0.2) is 190 Å². The standard InChI is InChI=1S/C48H34ClNO5S3/c49-35-16-18-36(19-17-35)55-47-42-27-43(54-31-33-8-7-13-40(26-33)57-38-11-5-2-6-12-38)44(53-30-32-14-20-39(21-15-32)56-37-9-3-1-4-10-37)29-45(42)58-46(47)28-41(48(51)52)34-22-24-50-25-23-34/h1-29H,30-31H2,(H,51,52)/b41-28+. The Kier molecular flexibility index (Phi) is 12.4. The zero-order valence-corrected chi connectivity index (χ0v) is 34.0. The number of fused-ring (bicyclic) bond motifs is 1. The number of ether oxygens (including phenoxy) is 3. The Morgan fingerprint density at radius 1 is 0.655 bits per heavy atom. The highest BCUT2D eigenvalue weighted by Crippen LogP contribution is 2.47. The van der Waals surface area contributed by atoms with E-state index in [0.29, 0.717) is 45.1 Å². The highest BCUT2D eigenvalue weighted by Gasteiger charge is 2.21. The number of rotatable bonds is 15. The van der Waals surface area contributed by atoms with Crippen molar-refractivity contribution in [3.63, 3.8) is 0 Å². The molecule has 0 spiro atoms. The van der Waals surface area contributed by atoms with Gasteiger partial charge in [-0.25, -0.2) is 4.79 Å². The minimum Gasteiger partial charge on any atom is -0.485 e. The number of carboxylic acid groups (broad SMARTS) is 1. The van der Waals surface area contributed by atoms with Crippen molar-refractivity contribution >= 4 is 74.2 Å². The molecule has 0 fully saturated rings. The van der Waals surface area contributed by atoms with Crippen LogP contribution in [0.5, 0.6) is 23.0 Å². The largest absolute Gasteiger partial charge is 0.485 e. The van der Waals surface area contributed by atoms with Gasteiger partial charge in [-0.05, 0) is 114 Å². The van der Waals surface area contributed by atoms with Gasteiger partial charge in [0.05, 0.1) is 10.5 Å². The van der Waals surface area contributed by atoms with Crippen LogP contribution in [0.25, 0.3) is 21.7 Å². The fourth-order valence-electron chi connectivity index (χ4n) is 6.00. The van der Waals surface area contributed by atoms with Crippen molar-refractivity contribution < 1.29 is 24.1 Å². The van der Waals surface area contributed by atoms with Gasteiger partial charge in [-0.15, -0.1) is 11.3 Å². The summed E-state index contributed by atoms with van der Waals surface area (Å²) < 4.78 is 20.5. The second-order valence-electron chi connectivity index (χ2n) is 12.9. The summed E-state index contributed by atoms with van der Waals surface area (Å²) in [5.74, 6) is 1.03. The summed E-state index contributed by atoms with van der Waals surface area (Å²) in [5, 5.41) is 11.6. The van der Waals surface area contributed by atoms with Crippen LogP contribution < -0.4 is 14.2 Å². The van der Waals surface area contributed by atoms with E-state index in [2.05, 4.69) is 65.6 Å². The molecular formula is C48H34ClNO5S3. The molecule has 6 nitrogen and oxygen atoms in total. The minimum absolute atomic E-state index is 0.102. The molecule has 6 aromatic carbocycles. The van der Waals surface area contributed by atoms with E-state index < -0.39 is 5.97 Å². The van der Waals surface area contributed by atoms with Crippen LogP contribution in [0.3, 0.4) is 0 Å². The summed E-state index contributed by atoms with van der Waals surface area (Å²) in [6.07, 6.45) is 4.78. The molecule has 0 aliphatic carbocycles. The average Bonchev–Trinajstić information content (AvgIpc) is 3.58. The number of aromatic nitrogens is 1. The second kappa shape index (κ2) is 18.5. The molecule has 0 saturated heterocycles. The fourth-order valence-corrected chi connectivity index (χ4v) is 8.97. The van der Waals surface area contributed by atoms with Crippen molar-refractivity contribution in [2.75, 3.05) is 0 Å². The number of carboxylic acids is 1. The molecule has 8 rings (SSSR count). The molecule has 0 atom stereocenters. The lowest BCUT2D eigenvalue weighted by Gasteiger charge is -2.15. The highest BCUT2D eigenvalue weighted by atomic mass is 35.5. The van der Waals surface area contributed by atoms with E-state index in [1.807, 2.05) is 60.7 Å². The fraction of sp³-hybridized carbons (Fsp3) is 0.0417. The van der Waals surface area contributed by atoms with Crippen molar-refractivity contribution in [1.29, 1.82) is 0 Å². The maximum Gasteiger partial charge on any atom is 0.336 e. The number of aliphatic carboxylic acids is 1. The first kappa shape index (κ1) is 38.9. The monoisotopic (exact) mass is 835 g/mol. The first-order chi connectivity index (χ1) is 28.4. The zero-order valence-electron chi connectivity index (χ0n) is 30.8. The third kappa shape index (κ3) is 9.93. The Morgan fingerprint density at radius 3 is 1.93 bits per heavy atom. The van der Waals surface area contributed by atoms with Gasteiger partial charge in [-0.3, -0.25) is 4.98 Å². The van der Waals surface area contributed by atoms with Gasteiger partial charge in [-0.1, -0.05) is 95.8 Å². The summed E-state index contributed by atoms with van der Waals surface area (Å²) in [5.41, 5.74) is 2.61. The van der Waals surface area contributed by atoms with Gasteiger partial charge in [0.2, 0.25) is 0 Å². The van der Waals surface area contributed by atoms with Crippen molar-refractivity contribution in [3.8, 4) is 23.0 Å².